The maximum Gasteiger partial charge on any atom is 0.410 e. The zero-order valence-corrected chi connectivity index (χ0v) is 24.3. The molecule has 2 saturated carbocycles. The molecule has 0 radical (unpaired) electrons. The molecule has 0 bridgehead atoms. The number of halogens is 5. The number of nitrogens with zero attached hydrogens (tertiary/aromatic N) is 5. The molecule has 1 aromatic rings. The average molecular weight is 606 g/mol. The van der Waals surface area contributed by atoms with Crippen LogP contribution in [0.15, 0.2) is 6.20 Å². The number of hydrogen-bond donors (Lipinski definition) is 1. The van der Waals surface area contributed by atoms with Gasteiger partial charge in [-0.2, -0.15) is 13.2 Å². The smallest absolute Gasteiger partial charge is 0.410 e. The van der Waals surface area contributed by atoms with E-state index >= 15 is 0 Å². The third kappa shape index (κ3) is 5.71. The summed E-state index contributed by atoms with van der Waals surface area (Å²) in [5.41, 5.74) is -3.95. The molecular formula is C28H40F5N5O4. The van der Waals surface area contributed by atoms with Gasteiger partial charge in [-0.1, -0.05) is 11.6 Å². The summed E-state index contributed by atoms with van der Waals surface area (Å²) >= 11 is 0. The molecule has 236 valence electrons. The minimum absolute atomic E-state index is 0.00620. The quantitative estimate of drug-likeness (QED) is 0.488. The Labute approximate surface area is 241 Å². The number of aromatic nitrogens is 3. The second kappa shape index (κ2) is 10.6. The molecule has 2 saturated heterocycles. The molecule has 0 aromatic carbocycles. The van der Waals surface area contributed by atoms with Gasteiger partial charge in [0.1, 0.15) is 17.1 Å². The largest absolute Gasteiger partial charge is 0.444 e. The molecule has 9 nitrogen and oxygen atoms in total. The van der Waals surface area contributed by atoms with E-state index in [-0.39, 0.29) is 57.4 Å². The standard InChI is InChI=1S/C28H40F5N5O4/c1-24(2,3)42-23(41)37-17-25(7-4-8-25)21(39)15-19(37)22(40)36-13-11-26(12-14-36,28(31,32)33)20-16-38(35-34-20)18-5-9-27(29,30)10-6-18/h16,18-19,21,39H,4-15,17H2,1-3H3/t19-,21+/m0/s1. The molecular weight excluding hydrogens is 565 g/mol. The van der Waals surface area contributed by atoms with E-state index in [1.54, 1.807) is 20.8 Å². The molecule has 0 unspecified atom stereocenters. The van der Waals surface area contributed by atoms with Gasteiger partial charge in [0, 0.05) is 50.5 Å². The minimum Gasteiger partial charge on any atom is -0.444 e. The van der Waals surface area contributed by atoms with Gasteiger partial charge in [-0.15, -0.1) is 5.10 Å². The van der Waals surface area contributed by atoms with Crippen LogP contribution in [0.4, 0.5) is 26.7 Å². The SMILES string of the molecule is CC(C)(C)OC(=O)N1CC2(CCC2)[C@H](O)C[C@H]1C(=O)N1CCC(c2cn(C3CCC(F)(F)CC3)nn2)(C(F)(F)F)CC1. The van der Waals surface area contributed by atoms with Gasteiger partial charge in [-0.3, -0.25) is 9.69 Å². The summed E-state index contributed by atoms with van der Waals surface area (Å²) in [6, 6.07) is -1.50. The summed E-state index contributed by atoms with van der Waals surface area (Å²) in [6.07, 6.45) is -4.07. The van der Waals surface area contributed by atoms with E-state index in [2.05, 4.69) is 10.3 Å². The van der Waals surface area contributed by atoms with E-state index < -0.39 is 71.6 Å². The maximum absolute atomic E-state index is 14.6. The first-order chi connectivity index (χ1) is 19.5. The molecule has 1 aromatic heterocycles. The van der Waals surface area contributed by atoms with Crippen LogP contribution < -0.4 is 0 Å². The molecule has 2 aliphatic carbocycles. The van der Waals surface area contributed by atoms with Crippen LogP contribution >= 0.6 is 0 Å². The van der Waals surface area contributed by atoms with Crippen molar-refractivity contribution >= 4 is 12.0 Å². The Morgan fingerprint density at radius 3 is 2.17 bits per heavy atom. The van der Waals surface area contributed by atoms with Crippen LogP contribution in [0.5, 0.6) is 0 Å². The molecule has 4 aliphatic rings. The normalized spacial score (nSPS) is 27.9. The fourth-order valence-corrected chi connectivity index (χ4v) is 6.98. The van der Waals surface area contributed by atoms with Crippen LogP contribution in [0.1, 0.15) is 96.7 Å². The number of likely N-dealkylation sites (tertiary alicyclic amines) is 2. The van der Waals surface area contributed by atoms with Crippen LogP contribution in [0, 0.1) is 5.41 Å². The number of aliphatic hydroxyl groups excluding tert-OH is 1. The molecule has 2 amide bonds. The fraction of sp³-hybridized carbons (Fsp3) is 0.857. The third-order valence-electron chi connectivity index (χ3n) is 9.81. The highest BCUT2D eigenvalue weighted by molar-refractivity contribution is 5.86. The summed E-state index contributed by atoms with van der Waals surface area (Å²) in [7, 11) is 0. The fourth-order valence-electron chi connectivity index (χ4n) is 6.98. The highest BCUT2D eigenvalue weighted by Crippen LogP contribution is 2.51. The van der Waals surface area contributed by atoms with Gasteiger partial charge in [-0.05, 0) is 59.3 Å². The van der Waals surface area contributed by atoms with Gasteiger partial charge in [0.25, 0.3) is 0 Å². The number of rotatable bonds is 3. The lowest BCUT2D eigenvalue weighted by Crippen LogP contribution is -2.65. The summed E-state index contributed by atoms with van der Waals surface area (Å²) in [6.45, 7) is 4.81. The van der Waals surface area contributed by atoms with E-state index in [9.17, 15) is 36.6 Å². The third-order valence-corrected chi connectivity index (χ3v) is 9.81. The molecule has 4 fully saturated rings. The summed E-state index contributed by atoms with van der Waals surface area (Å²) in [5.74, 6) is -3.30. The van der Waals surface area contributed by atoms with E-state index in [4.69, 9.17) is 4.74 Å². The van der Waals surface area contributed by atoms with Crippen molar-refractivity contribution in [3.8, 4) is 0 Å². The molecule has 1 N–H and O–H groups in total. The number of carbonyl (C=O) groups is 2. The van der Waals surface area contributed by atoms with Crippen LogP contribution in [0.3, 0.4) is 0 Å². The topological polar surface area (TPSA) is 101 Å². The molecule has 5 rings (SSSR count). The van der Waals surface area contributed by atoms with Gasteiger partial charge >= 0.3 is 12.3 Å². The lowest BCUT2D eigenvalue weighted by molar-refractivity contribution is -0.205. The Bertz CT molecular complexity index is 1160. The van der Waals surface area contributed by atoms with Crippen LogP contribution in [-0.2, 0) is 14.9 Å². The van der Waals surface area contributed by atoms with Crippen molar-refractivity contribution < 1.29 is 41.4 Å². The van der Waals surface area contributed by atoms with Crippen molar-refractivity contribution in [2.45, 2.75) is 126 Å². The highest BCUT2D eigenvalue weighted by Gasteiger charge is 2.60. The number of amides is 2. The van der Waals surface area contributed by atoms with E-state index in [0.717, 1.165) is 19.3 Å². The summed E-state index contributed by atoms with van der Waals surface area (Å²) < 4.78 is 78.0. The monoisotopic (exact) mass is 605 g/mol. The summed E-state index contributed by atoms with van der Waals surface area (Å²) in [4.78, 5) is 29.6. The van der Waals surface area contributed by atoms with E-state index in [1.165, 1.54) is 20.7 Å². The Morgan fingerprint density at radius 2 is 1.64 bits per heavy atom. The van der Waals surface area contributed by atoms with E-state index in [0.29, 0.717) is 0 Å². The first-order valence-electron chi connectivity index (χ1n) is 14.8. The molecule has 2 atom stereocenters. The lowest BCUT2D eigenvalue weighted by Gasteiger charge is -2.54. The number of hydrogen-bond acceptors (Lipinski definition) is 6. The van der Waals surface area contributed by atoms with Crippen molar-refractivity contribution in [3.63, 3.8) is 0 Å². The molecule has 1 spiro atoms. The van der Waals surface area contributed by atoms with Crippen LogP contribution in [0.25, 0.3) is 0 Å². The maximum atomic E-state index is 14.6. The van der Waals surface area contributed by atoms with Crippen molar-refractivity contribution in [2.24, 2.45) is 5.41 Å². The Morgan fingerprint density at radius 1 is 1.02 bits per heavy atom. The molecule has 3 heterocycles. The Kier molecular flexibility index (Phi) is 7.80. The van der Waals surface area contributed by atoms with Gasteiger partial charge in [0.2, 0.25) is 11.8 Å². The Hall–Kier alpha value is -2.51. The van der Waals surface area contributed by atoms with Gasteiger partial charge in [-0.25, -0.2) is 18.3 Å². The number of ether oxygens (including phenoxy) is 1. The second-order valence-electron chi connectivity index (χ2n) is 13.7. The van der Waals surface area contributed by atoms with Crippen molar-refractivity contribution in [3.05, 3.63) is 11.9 Å². The van der Waals surface area contributed by atoms with Crippen LogP contribution in [0.2, 0.25) is 0 Å². The average Bonchev–Trinajstić information content (AvgIpc) is 3.36. The lowest BCUT2D eigenvalue weighted by atomic mass is 9.61. The van der Waals surface area contributed by atoms with Crippen molar-refractivity contribution in [1.29, 1.82) is 0 Å². The first-order valence-corrected chi connectivity index (χ1v) is 14.8. The summed E-state index contributed by atoms with van der Waals surface area (Å²) in [5, 5.41) is 18.7. The highest BCUT2D eigenvalue weighted by atomic mass is 19.4. The van der Waals surface area contributed by atoms with Gasteiger partial charge < -0.3 is 14.7 Å². The molecule has 2 aliphatic heterocycles. The number of alkyl halides is 5. The van der Waals surface area contributed by atoms with Gasteiger partial charge in [0.05, 0.1) is 17.8 Å². The van der Waals surface area contributed by atoms with Crippen molar-refractivity contribution in [1.82, 2.24) is 24.8 Å². The van der Waals surface area contributed by atoms with Crippen molar-refractivity contribution in [2.75, 3.05) is 19.6 Å². The number of piperidine rings is 2. The predicted octanol–water partition coefficient (Wildman–Crippen LogP) is 4.99. The predicted molar refractivity (Wildman–Crippen MR) is 140 cm³/mol. The van der Waals surface area contributed by atoms with E-state index in [1.807, 2.05) is 0 Å². The number of aliphatic hydroxyl groups is 1. The molecule has 42 heavy (non-hydrogen) atoms. The Balaban J connectivity index is 1.32. The number of carbonyl (C=O) groups excluding carboxylic acids is 2. The first kappa shape index (κ1) is 30.9. The minimum atomic E-state index is -4.69. The molecule has 14 heteroatoms. The van der Waals surface area contributed by atoms with Crippen LogP contribution in [-0.4, -0.2) is 91.4 Å². The second-order valence-corrected chi connectivity index (χ2v) is 13.7. The zero-order chi connectivity index (χ0) is 30.7. The zero-order valence-electron chi connectivity index (χ0n) is 24.3. The van der Waals surface area contributed by atoms with Gasteiger partial charge in [0.15, 0.2) is 0 Å².